The number of para-hydroxylation sites is 1. The van der Waals surface area contributed by atoms with Crippen LogP contribution in [-0.4, -0.2) is 116 Å². The molecule has 5 aliphatic carbocycles. The highest BCUT2D eigenvalue weighted by Gasteiger charge is 2.89. The number of amides is 1. The molecule has 0 radical (unpaired) electrons. The van der Waals surface area contributed by atoms with E-state index in [0.29, 0.717) is 62.0 Å². The molecule has 1 aliphatic heterocycles. The zero-order valence-electron chi connectivity index (χ0n) is 29.8. The molecule has 1 amide bonds. The molecule has 6 fully saturated rings. The zero-order valence-corrected chi connectivity index (χ0v) is 29.8. The average Bonchev–Trinajstić information content (AvgIpc) is 3.57. The third-order valence-electron chi connectivity index (χ3n) is 14.1. The second kappa shape index (κ2) is 12.1. The van der Waals surface area contributed by atoms with Crippen LogP contribution in [0.1, 0.15) is 70.1 Å². The van der Waals surface area contributed by atoms with Crippen molar-refractivity contribution in [3.05, 3.63) is 65.2 Å². The van der Waals surface area contributed by atoms with Gasteiger partial charge in [-0.1, -0.05) is 19.1 Å². The van der Waals surface area contributed by atoms with Crippen molar-refractivity contribution in [1.82, 2.24) is 4.90 Å². The first kappa shape index (κ1) is 34.7. The Labute approximate surface area is 297 Å². The molecule has 12 heteroatoms. The van der Waals surface area contributed by atoms with Gasteiger partial charge in [-0.3, -0.25) is 9.69 Å². The number of anilines is 1. The Bertz CT molecular complexity index is 1740. The van der Waals surface area contributed by atoms with E-state index < -0.39 is 46.2 Å². The van der Waals surface area contributed by atoms with E-state index in [2.05, 4.69) is 17.1 Å². The van der Waals surface area contributed by atoms with Gasteiger partial charge < -0.3 is 39.2 Å². The smallest absolute Gasteiger partial charge is 0.340 e. The van der Waals surface area contributed by atoms with E-state index >= 15 is 0 Å². The predicted octanol–water partition coefficient (Wildman–Crippen LogP) is 3.30. The van der Waals surface area contributed by atoms with Crippen molar-refractivity contribution in [3.63, 3.8) is 0 Å². The van der Waals surface area contributed by atoms with Crippen LogP contribution in [-0.2, 0) is 23.7 Å². The summed E-state index contributed by atoms with van der Waals surface area (Å²) in [5.41, 5.74) is -3.40. The predicted molar refractivity (Wildman–Crippen MR) is 183 cm³/mol. The minimum absolute atomic E-state index is 0.0936. The summed E-state index contributed by atoms with van der Waals surface area (Å²) in [4.78, 5) is 42.0. The van der Waals surface area contributed by atoms with Crippen molar-refractivity contribution >= 4 is 23.5 Å². The average molecular weight is 705 g/mol. The van der Waals surface area contributed by atoms with Crippen LogP contribution in [0.4, 0.5) is 5.69 Å². The highest BCUT2D eigenvalue weighted by Crippen LogP contribution is 2.79. The lowest BCUT2D eigenvalue weighted by Gasteiger charge is -2.70. The van der Waals surface area contributed by atoms with E-state index in [9.17, 15) is 24.6 Å². The normalized spacial score (nSPS) is 41.5. The van der Waals surface area contributed by atoms with Crippen LogP contribution in [0.25, 0.3) is 0 Å². The van der Waals surface area contributed by atoms with E-state index in [1.807, 2.05) is 0 Å². The fourth-order valence-electron chi connectivity index (χ4n) is 12.5. The van der Waals surface area contributed by atoms with Gasteiger partial charge in [-0.2, -0.15) is 0 Å². The zero-order chi connectivity index (χ0) is 36.1. The number of likely N-dealkylation sites (tertiary alicyclic amines) is 1. The van der Waals surface area contributed by atoms with Gasteiger partial charge in [-0.05, 0) is 68.6 Å². The SMILES string of the molecule is CCN1C[C@]2(OC(=O)c3ccccc3NC(=O)c3ccc(C(=O)OC)cc3)CC[C@H](OC)[C@]34C1[C@H](C[C@H]23)[C@@]1(O)C[C@H](OC)[C@H]2C[C@@H]4[C@]1(O)[C@H]2OC. The number of nitrogens with zero attached hydrogens (tertiary/aromatic N) is 1. The van der Waals surface area contributed by atoms with E-state index in [1.165, 1.54) is 31.4 Å². The van der Waals surface area contributed by atoms with Crippen molar-refractivity contribution in [3.8, 4) is 0 Å². The summed E-state index contributed by atoms with van der Waals surface area (Å²) in [7, 11) is 6.31. The van der Waals surface area contributed by atoms with E-state index in [0.717, 1.165) is 0 Å². The number of hydrogen-bond donors (Lipinski definition) is 3. The van der Waals surface area contributed by atoms with Crippen molar-refractivity contribution < 1.29 is 48.3 Å². The summed E-state index contributed by atoms with van der Waals surface area (Å²) < 4.78 is 30.0. The molecule has 2 aromatic carbocycles. The first-order valence-corrected chi connectivity index (χ1v) is 18.1. The third kappa shape index (κ3) is 4.37. The first-order chi connectivity index (χ1) is 24.5. The fourth-order valence-corrected chi connectivity index (χ4v) is 12.5. The molecule has 3 N–H and O–H groups in total. The second-order valence-corrected chi connectivity index (χ2v) is 15.5. The van der Waals surface area contributed by atoms with Gasteiger partial charge in [0.05, 0.1) is 42.2 Å². The highest BCUT2D eigenvalue weighted by atomic mass is 16.6. The Morgan fingerprint density at radius 1 is 0.902 bits per heavy atom. The van der Waals surface area contributed by atoms with Crippen LogP contribution >= 0.6 is 0 Å². The number of piperidine rings is 1. The van der Waals surface area contributed by atoms with Crippen LogP contribution in [0.5, 0.6) is 0 Å². The molecular formula is C39H48N2O10. The molecule has 12 atom stereocenters. The maximum Gasteiger partial charge on any atom is 0.340 e. The van der Waals surface area contributed by atoms with Crippen molar-refractivity contribution in [2.45, 2.75) is 80.2 Å². The fraction of sp³-hybridized carbons (Fsp3) is 0.615. The van der Waals surface area contributed by atoms with Gasteiger partial charge in [-0.25, -0.2) is 9.59 Å². The van der Waals surface area contributed by atoms with E-state index in [4.69, 9.17) is 23.7 Å². The van der Waals surface area contributed by atoms with E-state index in [-0.39, 0.29) is 47.5 Å². The Kier molecular flexibility index (Phi) is 8.21. The monoisotopic (exact) mass is 704 g/mol. The highest BCUT2D eigenvalue weighted by molar-refractivity contribution is 6.08. The molecule has 51 heavy (non-hydrogen) atoms. The summed E-state index contributed by atoms with van der Waals surface area (Å²) in [6.45, 7) is 3.25. The molecule has 2 aromatic rings. The molecule has 8 rings (SSSR count). The van der Waals surface area contributed by atoms with Gasteiger partial charge in [0.15, 0.2) is 0 Å². The summed E-state index contributed by atoms with van der Waals surface area (Å²) in [5, 5.41) is 28.8. The van der Waals surface area contributed by atoms with Crippen molar-refractivity contribution in [1.29, 1.82) is 0 Å². The topological polar surface area (TPSA) is 153 Å². The summed E-state index contributed by atoms with van der Waals surface area (Å²) in [6, 6.07) is 12.8. The minimum atomic E-state index is -1.52. The number of esters is 2. The molecule has 1 spiro atoms. The Morgan fingerprint density at radius 2 is 1.63 bits per heavy atom. The Hall–Kier alpha value is -3.39. The number of rotatable bonds is 9. The molecule has 12 nitrogen and oxygen atoms in total. The van der Waals surface area contributed by atoms with Crippen LogP contribution in [0.15, 0.2) is 48.5 Å². The number of likely N-dealkylation sites (N-methyl/N-ethyl adjacent to an activating group) is 1. The van der Waals surface area contributed by atoms with Gasteiger partial charge in [-0.15, -0.1) is 0 Å². The number of ether oxygens (including phenoxy) is 5. The second-order valence-electron chi connectivity index (χ2n) is 15.5. The van der Waals surface area contributed by atoms with Gasteiger partial charge in [0, 0.05) is 75.0 Å². The van der Waals surface area contributed by atoms with Crippen LogP contribution in [0.2, 0.25) is 0 Å². The van der Waals surface area contributed by atoms with Crippen LogP contribution in [0, 0.1) is 29.1 Å². The van der Waals surface area contributed by atoms with Gasteiger partial charge >= 0.3 is 11.9 Å². The number of benzene rings is 2. The number of carbonyl (C=O) groups excluding carboxylic acids is 3. The molecule has 1 unspecified atom stereocenters. The van der Waals surface area contributed by atoms with Crippen LogP contribution in [0.3, 0.4) is 0 Å². The lowest BCUT2D eigenvalue weighted by Crippen LogP contribution is -2.83. The minimum Gasteiger partial charge on any atom is -0.465 e. The molecule has 0 aromatic heterocycles. The molecule has 6 aliphatic rings. The molecule has 1 heterocycles. The molecule has 7 bridgehead atoms. The first-order valence-electron chi connectivity index (χ1n) is 18.1. The van der Waals surface area contributed by atoms with E-state index in [1.54, 1.807) is 45.6 Å². The van der Waals surface area contributed by atoms with Gasteiger partial charge in [0.1, 0.15) is 16.8 Å². The molecular weight excluding hydrogens is 656 g/mol. The summed E-state index contributed by atoms with van der Waals surface area (Å²) in [5.74, 6) is -2.51. The number of methoxy groups -OCH3 is 4. The lowest BCUT2D eigenvalue weighted by atomic mass is 9.44. The number of fused-ring (bicyclic) bond motifs is 2. The third-order valence-corrected chi connectivity index (χ3v) is 14.1. The maximum absolute atomic E-state index is 14.5. The lowest BCUT2D eigenvalue weighted by molar-refractivity contribution is -0.337. The molecule has 274 valence electrons. The molecule has 1 saturated heterocycles. The van der Waals surface area contributed by atoms with Gasteiger partial charge in [0.2, 0.25) is 0 Å². The number of hydrogen-bond acceptors (Lipinski definition) is 11. The summed E-state index contributed by atoms with van der Waals surface area (Å²) in [6.07, 6.45) is 1.56. The Morgan fingerprint density at radius 3 is 2.29 bits per heavy atom. The summed E-state index contributed by atoms with van der Waals surface area (Å²) >= 11 is 0. The molecule has 5 saturated carbocycles. The number of nitrogens with one attached hydrogen (secondary N) is 1. The van der Waals surface area contributed by atoms with Crippen LogP contribution < -0.4 is 5.32 Å². The standard InChI is InChI=1S/C39H48N2O10/c1-6-41-20-36(51-35(44)23-9-7-8-10-26(23)40-33(42)21-11-13-22(14-12-21)34(43)50-5)16-15-30(48-3)38-28(36)18-25(31(38)41)37(45)19-27(47-2)24-17-29(38)39(37,46)32(24)49-4/h7-14,24-25,27-32,45-46H,6,15-20H2,1-5H3,(H,40,42)/t24-,25+,27+,28-,29+,30+,31?,32+,36-,37+,38+,39+/m1/s1. The van der Waals surface area contributed by atoms with Crippen molar-refractivity contribution in [2.24, 2.45) is 29.1 Å². The Balaban J connectivity index is 1.16. The van der Waals surface area contributed by atoms with Crippen molar-refractivity contribution in [2.75, 3.05) is 46.8 Å². The number of aliphatic hydroxyl groups is 2. The quantitative estimate of drug-likeness (QED) is 0.330. The van der Waals surface area contributed by atoms with Gasteiger partial charge in [0.25, 0.3) is 5.91 Å². The largest absolute Gasteiger partial charge is 0.465 e. The number of carbonyl (C=O) groups is 3. The maximum atomic E-state index is 14.5.